The van der Waals surface area contributed by atoms with Crippen LogP contribution in [-0.2, 0) is 26.2 Å². The fourth-order valence-electron chi connectivity index (χ4n) is 4.22. The molecule has 3 aromatic carbocycles. The van der Waals surface area contributed by atoms with Crippen molar-refractivity contribution in [3.63, 3.8) is 0 Å². The normalized spacial score (nSPS) is 11.9. The first-order chi connectivity index (χ1) is 18.6. The first-order valence-electron chi connectivity index (χ1n) is 13.0. The number of rotatable bonds is 12. The van der Waals surface area contributed by atoms with Crippen molar-refractivity contribution in [2.45, 2.75) is 51.6 Å². The van der Waals surface area contributed by atoms with E-state index in [0.29, 0.717) is 24.5 Å². The number of carbonyl (C=O) groups is 2. The lowest BCUT2D eigenvalue weighted by Crippen LogP contribution is -2.51. The molecule has 208 valence electrons. The molecule has 3 rings (SSSR count). The molecule has 3 aromatic rings. The van der Waals surface area contributed by atoms with Crippen molar-refractivity contribution in [2.75, 3.05) is 24.5 Å². The van der Waals surface area contributed by atoms with Crippen LogP contribution in [0, 0.1) is 13.8 Å². The maximum atomic E-state index is 13.9. The molecule has 39 heavy (non-hydrogen) atoms. The second-order valence-corrected chi connectivity index (χ2v) is 11.2. The minimum absolute atomic E-state index is 0.0303. The summed E-state index contributed by atoms with van der Waals surface area (Å²) in [5.41, 5.74) is 3.22. The monoisotopic (exact) mass is 551 g/mol. The Balaban J connectivity index is 2.03. The first kappa shape index (κ1) is 29.7. The number of aryl methyl sites for hydroxylation is 2. The van der Waals surface area contributed by atoms with Gasteiger partial charge in [0.25, 0.3) is 10.0 Å². The second-order valence-electron chi connectivity index (χ2n) is 9.30. The van der Waals surface area contributed by atoms with E-state index in [1.165, 1.54) is 24.1 Å². The average molecular weight is 552 g/mol. The minimum Gasteiger partial charge on any atom is -0.494 e. The Kier molecular flexibility index (Phi) is 10.1. The maximum absolute atomic E-state index is 13.9. The predicted molar refractivity (Wildman–Crippen MR) is 153 cm³/mol. The smallest absolute Gasteiger partial charge is 0.264 e. The quantitative estimate of drug-likeness (QED) is 0.359. The summed E-state index contributed by atoms with van der Waals surface area (Å²) in [5, 5.41) is 2.63. The lowest BCUT2D eigenvalue weighted by Gasteiger charge is -2.33. The zero-order valence-electron chi connectivity index (χ0n) is 23.2. The molecule has 1 unspecified atom stereocenters. The molecule has 1 atom stereocenters. The molecule has 0 saturated carbocycles. The van der Waals surface area contributed by atoms with Gasteiger partial charge in [0.15, 0.2) is 0 Å². The van der Waals surface area contributed by atoms with Gasteiger partial charge in [0.2, 0.25) is 11.8 Å². The van der Waals surface area contributed by atoms with E-state index in [0.717, 1.165) is 21.0 Å². The van der Waals surface area contributed by atoms with Gasteiger partial charge in [-0.2, -0.15) is 0 Å². The number of likely N-dealkylation sites (N-methyl/N-ethyl adjacent to an activating group) is 1. The van der Waals surface area contributed by atoms with Gasteiger partial charge in [-0.3, -0.25) is 13.9 Å². The number of benzene rings is 3. The van der Waals surface area contributed by atoms with Crippen LogP contribution in [0.5, 0.6) is 5.75 Å². The largest absolute Gasteiger partial charge is 0.494 e. The first-order valence-corrected chi connectivity index (χ1v) is 14.4. The van der Waals surface area contributed by atoms with Crippen LogP contribution in [0.3, 0.4) is 0 Å². The molecular formula is C30H37N3O5S. The Morgan fingerprint density at radius 3 is 1.95 bits per heavy atom. The molecule has 0 fully saturated rings. The van der Waals surface area contributed by atoms with Crippen LogP contribution in [0.15, 0.2) is 77.7 Å². The topological polar surface area (TPSA) is 96.0 Å². The Morgan fingerprint density at radius 2 is 1.44 bits per heavy atom. The molecule has 0 aliphatic carbocycles. The minimum atomic E-state index is -4.13. The van der Waals surface area contributed by atoms with E-state index in [9.17, 15) is 18.0 Å². The molecule has 0 spiro atoms. The van der Waals surface area contributed by atoms with E-state index in [1.54, 1.807) is 36.4 Å². The number of ether oxygens (including phenoxy) is 1. The average Bonchev–Trinajstić information content (AvgIpc) is 2.93. The zero-order valence-corrected chi connectivity index (χ0v) is 24.0. The summed E-state index contributed by atoms with van der Waals surface area (Å²) in [4.78, 5) is 28.2. The summed E-state index contributed by atoms with van der Waals surface area (Å²) in [6.45, 7) is 7.69. The summed E-state index contributed by atoms with van der Waals surface area (Å²) >= 11 is 0. The molecule has 2 amide bonds. The van der Waals surface area contributed by atoms with Crippen molar-refractivity contribution in [3.05, 3.63) is 89.5 Å². The van der Waals surface area contributed by atoms with Crippen LogP contribution in [0.25, 0.3) is 0 Å². The van der Waals surface area contributed by atoms with Crippen molar-refractivity contribution < 1.29 is 22.7 Å². The van der Waals surface area contributed by atoms with Gasteiger partial charge >= 0.3 is 0 Å². The Labute approximate surface area is 231 Å². The van der Waals surface area contributed by atoms with Gasteiger partial charge in [0, 0.05) is 13.6 Å². The summed E-state index contributed by atoms with van der Waals surface area (Å²) in [6, 6.07) is 20.0. The highest BCUT2D eigenvalue weighted by Gasteiger charge is 2.33. The van der Waals surface area contributed by atoms with E-state index in [2.05, 4.69) is 5.32 Å². The fourth-order valence-corrected chi connectivity index (χ4v) is 5.63. The van der Waals surface area contributed by atoms with E-state index < -0.39 is 28.5 Å². The van der Waals surface area contributed by atoms with Gasteiger partial charge in [-0.05, 0) is 69.2 Å². The van der Waals surface area contributed by atoms with Crippen molar-refractivity contribution in [1.82, 2.24) is 10.2 Å². The van der Waals surface area contributed by atoms with E-state index in [4.69, 9.17) is 4.74 Å². The molecule has 0 heterocycles. The Morgan fingerprint density at radius 1 is 0.872 bits per heavy atom. The van der Waals surface area contributed by atoms with Crippen LogP contribution in [0.4, 0.5) is 5.69 Å². The highest BCUT2D eigenvalue weighted by atomic mass is 32.2. The van der Waals surface area contributed by atoms with E-state index in [-0.39, 0.29) is 17.3 Å². The van der Waals surface area contributed by atoms with Crippen molar-refractivity contribution in [2.24, 2.45) is 0 Å². The lowest BCUT2D eigenvalue weighted by atomic mass is 10.1. The predicted octanol–water partition coefficient (Wildman–Crippen LogP) is 4.45. The third-order valence-corrected chi connectivity index (χ3v) is 8.22. The number of amides is 2. The SMILES string of the molecule is CCOc1ccc(S(=O)(=O)N(CC(=O)N(Cc2ccc(C)cc2)C(CC)C(=O)NC)c2ccc(C)cc2)cc1. The Hall–Kier alpha value is -3.85. The number of nitrogens with zero attached hydrogens (tertiary/aromatic N) is 2. The number of hydrogen-bond acceptors (Lipinski definition) is 5. The molecule has 9 heteroatoms. The number of hydrogen-bond donors (Lipinski definition) is 1. The number of anilines is 1. The molecule has 8 nitrogen and oxygen atoms in total. The Bertz CT molecular complexity index is 1360. The molecular weight excluding hydrogens is 514 g/mol. The molecule has 0 saturated heterocycles. The van der Waals surface area contributed by atoms with Crippen LogP contribution in [0.1, 0.15) is 37.0 Å². The second kappa shape index (κ2) is 13.3. The maximum Gasteiger partial charge on any atom is 0.264 e. The third kappa shape index (κ3) is 7.38. The molecule has 0 radical (unpaired) electrons. The van der Waals surface area contributed by atoms with Gasteiger partial charge in [-0.1, -0.05) is 54.4 Å². The summed E-state index contributed by atoms with van der Waals surface area (Å²) in [6.07, 6.45) is 0.368. The summed E-state index contributed by atoms with van der Waals surface area (Å²) in [7, 11) is -2.61. The van der Waals surface area contributed by atoms with Crippen LogP contribution in [0.2, 0.25) is 0 Å². The summed E-state index contributed by atoms with van der Waals surface area (Å²) in [5.74, 6) is -0.245. The van der Waals surface area contributed by atoms with Crippen LogP contribution in [-0.4, -0.2) is 51.4 Å². The lowest BCUT2D eigenvalue weighted by molar-refractivity contribution is -0.140. The molecule has 0 bridgehead atoms. The summed E-state index contributed by atoms with van der Waals surface area (Å²) < 4.78 is 34.4. The van der Waals surface area contributed by atoms with E-state index >= 15 is 0 Å². The van der Waals surface area contributed by atoms with Gasteiger partial charge in [0.05, 0.1) is 17.2 Å². The standard InChI is InChI=1S/C30H37N3O5S/c1-6-28(30(35)31-5)32(20-24-12-8-22(3)9-13-24)29(34)21-33(25-14-10-23(4)11-15-25)39(36,37)27-18-16-26(17-19-27)38-7-2/h8-19,28H,6-7,20-21H2,1-5H3,(H,31,35). The third-order valence-electron chi connectivity index (χ3n) is 6.43. The number of nitrogens with one attached hydrogen (secondary N) is 1. The van der Waals surface area contributed by atoms with Gasteiger partial charge in [-0.15, -0.1) is 0 Å². The van der Waals surface area contributed by atoms with Gasteiger partial charge < -0.3 is 15.0 Å². The molecule has 0 aliphatic heterocycles. The van der Waals surface area contributed by atoms with Gasteiger partial charge in [0.1, 0.15) is 18.3 Å². The van der Waals surface area contributed by atoms with Crippen molar-refractivity contribution in [3.8, 4) is 5.75 Å². The van der Waals surface area contributed by atoms with Crippen molar-refractivity contribution in [1.29, 1.82) is 0 Å². The van der Waals surface area contributed by atoms with Crippen molar-refractivity contribution >= 4 is 27.5 Å². The fraction of sp³-hybridized carbons (Fsp3) is 0.333. The highest BCUT2D eigenvalue weighted by Crippen LogP contribution is 2.26. The van der Waals surface area contributed by atoms with Crippen LogP contribution >= 0.6 is 0 Å². The highest BCUT2D eigenvalue weighted by molar-refractivity contribution is 7.92. The zero-order chi connectivity index (χ0) is 28.6. The molecule has 1 N–H and O–H groups in total. The number of sulfonamides is 1. The number of carbonyl (C=O) groups excluding carboxylic acids is 2. The van der Waals surface area contributed by atoms with Gasteiger partial charge in [-0.25, -0.2) is 8.42 Å². The molecule has 0 aromatic heterocycles. The molecule has 0 aliphatic rings. The van der Waals surface area contributed by atoms with Crippen LogP contribution < -0.4 is 14.4 Å². The van der Waals surface area contributed by atoms with E-state index in [1.807, 2.05) is 52.0 Å².